The van der Waals surface area contributed by atoms with E-state index in [4.69, 9.17) is 10.5 Å². The second kappa shape index (κ2) is 5.82. The molecule has 0 saturated heterocycles. The Morgan fingerprint density at radius 1 is 1.28 bits per heavy atom. The van der Waals surface area contributed by atoms with Gasteiger partial charge in [-0.25, -0.2) is 0 Å². The summed E-state index contributed by atoms with van der Waals surface area (Å²) in [6.07, 6.45) is 5.27. The molecule has 5 heteroatoms. The van der Waals surface area contributed by atoms with Crippen LogP contribution in [0.2, 0.25) is 0 Å². The van der Waals surface area contributed by atoms with Crippen molar-refractivity contribution in [2.45, 2.75) is 44.2 Å². The molecule has 5 nitrogen and oxygen atoms in total. The first kappa shape index (κ1) is 12.8. The van der Waals surface area contributed by atoms with E-state index in [1.54, 1.807) is 12.1 Å². The van der Waals surface area contributed by atoms with Crippen LogP contribution in [0.1, 0.15) is 32.1 Å². The molecule has 0 aliphatic heterocycles. The highest BCUT2D eigenvalue weighted by Gasteiger charge is 2.22. The van der Waals surface area contributed by atoms with Crippen LogP contribution in [-0.2, 0) is 0 Å². The van der Waals surface area contributed by atoms with E-state index < -0.39 is 4.92 Å². The molecule has 0 heterocycles. The number of nitro groups is 1. The largest absolute Gasteiger partial charge is 0.489 e. The molecule has 0 spiro atoms. The molecule has 2 rings (SSSR count). The van der Waals surface area contributed by atoms with Crippen LogP contribution >= 0.6 is 0 Å². The number of non-ortho nitro benzene ring substituents is 1. The smallest absolute Gasteiger partial charge is 0.273 e. The molecular weight excluding hydrogens is 232 g/mol. The van der Waals surface area contributed by atoms with Crippen molar-refractivity contribution < 1.29 is 9.66 Å². The molecule has 1 aliphatic carbocycles. The fraction of sp³-hybridized carbons (Fsp3) is 0.538. The van der Waals surface area contributed by atoms with E-state index in [1.165, 1.54) is 18.6 Å². The summed E-state index contributed by atoms with van der Waals surface area (Å²) in [5.41, 5.74) is 6.12. The summed E-state index contributed by atoms with van der Waals surface area (Å²) in [6, 6.07) is 6.31. The zero-order valence-electron chi connectivity index (χ0n) is 10.2. The number of benzene rings is 1. The Hall–Kier alpha value is -1.62. The van der Waals surface area contributed by atoms with Crippen molar-refractivity contribution in [2.75, 3.05) is 0 Å². The standard InChI is InChI=1S/C13H18N2O3/c14-12-7-2-1-3-8-13(12)18-11-6-4-5-10(9-11)15(16)17/h4-6,9,12-13H,1-3,7-8,14H2. The Balaban J connectivity index is 2.07. The number of nitrogens with zero attached hydrogens (tertiary/aromatic N) is 1. The number of nitrogens with two attached hydrogens (primary N) is 1. The third kappa shape index (κ3) is 3.20. The second-order valence-corrected chi connectivity index (χ2v) is 4.71. The van der Waals surface area contributed by atoms with Crippen molar-refractivity contribution in [3.8, 4) is 5.75 Å². The van der Waals surface area contributed by atoms with Gasteiger partial charge in [0.2, 0.25) is 0 Å². The number of nitro benzene ring substituents is 1. The summed E-state index contributed by atoms with van der Waals surface area (Å²) in [6.45, 7) is 0. The number of ether oxygens (including phenoxy) is 1. The van der Waals surface area contributed by atoms with E-state index in [-0.39, 0.29) is 17.8 Å². The summed E-state index contributed by atoms with van der Waals surface area (Å²) < 4.78 is 5.81. The van der Waals surface area contributed by atoms with Crippen molar-refractivity contribution in [1.82, 2.24) is 0 Å². The number of rotatable bonds is 3. The van der Waals surface area contributed by atoms with Gasteiger partial charge < -0.3 is 10.5 Å². The average molecular weight is 250 g/mol. The van der Waals surface area contributed by atoms with Gasteiger partial charge in [0.15, 0.2) is 0 Å². The minimum atomic E-state index is -0.417. The van der Waals surface area contributed by atoms with Crippen LogP contribution in [0.5, 0.6) is 5.75 Å². The lowest BCUT2D eigenvalue weighted by atomic mass is 10.1. The Kier molecular flexibility index (Phi) is 4.15. The van der Waals surface area contributed by atoms with E-state index >= 15 is 0 Å². The zero-order chi connectivity index (χ0) is 13.0. The molecule has 1 saturated carbocycles. The third-order valence-electron chi connectivity index (χ3n) is 3.32. The highest BCUT2D eigenvalue weighted by molar-refractivity contribution is 5.38. The lowest BCUT2D eigenvalue weighted by Crippen LogP contribution is -2.37. The maximum Gasteiger partial charge on any atom is 0.273 e. The van der Waals surface area contributed by atoms with Gasteiger partial charge in [-0.1, -0.05) is 18.9 Å². The summed E-state index contributed by atoms with van der Waals surface area (Å²) in [4.78, 5) is 10.3. The molecule has 2 unspecified atom stereocenters. The molecule has 98 valence electrons. The van der Waals surface area contributed by atoms with Crippen LogP contribution in [0, 0.1) is 10.1 Å². The van der Waals surface area contributed by atoms with Gasteiger partial charge >= 0.3 is 0 Å². The fourth-order valence-corrected chi connectivity index (χ4v) is 2.29. The third-order valence-corrected chi connectivity index (χ3v) is 3.32. The van der Waals surface area contributed by atoms with E-state index in [0.29, 0.717) is 5.75 Å². The summed E-state index contributed by atoms with van der Waals surface area (Å²) in [5.74, 6) is 0.534. The van der Waals surface area contributed by atoms with Gasteiger partial charge in [0, 0.05) is 12.1 Å². The predicted molar refractivity (Wildman–Crippen MR) is 68.6 cm³/mol. The van der Waals surface area contributed by atoms with Crippen LogP contribution in [0.3, 0.4) is 0 Å². The Labute approximate surface area is 106 Å². The molecule has 1 aromatic rings. The molecule has 18 heavy (non-hydrogen) atoms. The SMILES string of the molecule is NC1CCCCCC1Oc1cccc([N+](=O)[O-])c1. The molecule has 2 atom stereocenters. The predicted octanol–water partition coefficient (Wildman–Crippen LogP) is 2.63. The summed E-state index contributed by atoms with van der Waals surface area (Å²) in [7, 11) is 0. The van der Waals surface area contributed by atoms with Crippen molar-refractivity contribution >= 4 is 5.69 Å². The molecule has 0 radical (unpaired) electrons. The van der Waals surface area contributed by atoms with Crippen LogP contribution < -0.4 is 10.5 Å². The number of hydrogen-bond donors (Lipinski definition) is 1. The molecule has 1 aliphatic rings. The Morgan fingerprint density at radius 2 is 2.06 bits per heavy atom. The average Bonchev–Trinajstić information content (AvgIpc) is 2.55. The summed E-state index contributed by atoms with van der Waals surface area (Å²) >= 11 is 0. The Morgan fingerprint density at radius 3 is 2.83 bits per heavy atom. The van der Waals surface area contributed by atoms with E-state index in [9.17, 15) is 10.1 Å². The minimum absolute atomic E-state index is 0.0202. The van der Waals surface area contributed by atoms with Crippen LogP contribution in [0.15, 0.2) is 24.3 Å². The van der Waals surface area contributed by atoms with Gasteiger partial charge in [0.05, 0.1) is 11.0 Å². The van der Waals surface area contributed by atoms with Crippen LogP contribution in [0.25, 0.3) is 0 Å². The first-order valence-corrected chi connectivity index (χ1v) is 6.33. The van der Waals surface area contributed by atoms with Gasteiger partial charge in [-0.3, -0.25) is 10.1 Å². The van der Waals surface area contributed by atoms with Gasteiger partial charge in [0.25, 0.3) is 5.69 Å². The molecule has 0 aromatic heterocycles. The maximum atomic E-state index is 10.7. The highest BCUT2D eigenvalue weighted by Crippen LogP contribution is 2.25. The normalized spacial score (nSPS) is 24.3. The maximum absolute atomic E-state index is 10.7. The second-order valence-electron chi connectivity index (χ2n) is 4.71. The summed E-state index contributed by atoms with van der Waals surface area (Å²) in [5, 5.41) is 10.7. The van der Waals surface area contributed by atoms with Crippen molar-refractivity contribution in [3.05, 3.63) is 34.4 Å². The highest BCUT2D eigenvalue weighted by atomic mass is 16.6. The molecule has 0 bridgehead atoms. The van der Waals surface area contributed by atoms with Crippen molar-refractivity contribution in [3.63, 3.8) is 0 Å². The fourth-order valence-electron chi connectivity index (χ4n) is 2.29. The zero-order valence-corrected chi connectivity index (χ0v) is 10.2. The van der Waals surface area contributed by atoms with Gasteiger partial charge in [0.1, 0.15) is 11.9 Å². The van der Waals surface area contributed by atoms with Crippen molar-refractivity contribution in [1.29, 1.82) is 0 Å². The van der Waals surface area contributed by atoms with Gasteiger partial charge in [-0.05, 0) is 25.3 Å². The molecule has 1 fully saturated rings. The van der Waals surface area contributed by atoms with E-state index in [0.717, 1.165) is 25.7 Å². The molecule has 2 N–H and O–H groups in total. The van der Waals surface area contributed by atoms with Crippen LogP contribution in [0.4, 0.5) is 5.69 Å². The van der Waals surface area contributed by atoms with E-state index in [2.05, 4.69) is 0 Å². The number of hydrogen-bond acceptors (Lipinski definition) is 4. The minimum Gasteiger partial charge on any atom is -0.489 e. The van der Waals surface area contributed by atoms with Crippen LogP contribution in [-0.4, -0.2) is 17.1 Å². The monoisotopic (exact) mass is 250 g/mol. The quantitative estimate of drug-likeness (QED) is 0.508. The first-order chi connectivity index (χ1) is 8.66. The Bertz CT molecular complexity index is 422. The van der Waals surface area contributed by atoms with Gasteiger partial charge in [-0.2, -0.15) is 0 Å². The lowest BCUT2D eigenvalue weighted by molar-refractivity contribution is -0.385. The van der Waals surface area contributed by atoms with E-state index in [1.807, 2.05) is 0 Å². The molecule has 0 amide bonds. The topological polar surface area (TPSA) is 78.4 Å². The first-order valence-electron chi connectivity index (χ1n) is 6.33. The molecular formula is C13H18N2O3. The lowest BCUT2D eigenvalue weighted by Gasteiger charge is -2.22. The molecule has 1 aromatic carbocycles. The van der Waals surface area contributed by atoms with Crippen molar-refractivity contribution in [2.24, 2.45) is 5.73 Å². The van der Waals surface area contributed by atoms with Gasteiger partial charge in [-0.15, -0.1) is 0 Å².